The summed E-state index contributed by atoms with van der Waals surface area (Å²) < 4.78 is 0. The van der Waals surface area contributed by atoms with Crippen molar-refractivity contribution in [1.82, 2.24) is 21.1 Å². The van der Waals surface area contributed by atoms with Crippen LogP contribution in [0.2, 0.25) is 0 Å². The zero-order valence-corrected chi connectivity index (χ0v) is 16.3. The molecule has 3 aliphatic heterocycles. The van der Waals surface area contributed by atoms with Gasteiger partial charge in [-0.05, 0) is 44.4 Å². The molecule has 7 heteroatoms. The second kappa shape index (κ2) is 7.33. The van der Waals surface area contributed by atoms with Gasteiger partial charge in [0.05, 0.1) is 17.8 Å². The summed E-state index contributed by atoms with van der Waals surface area (Å²) in [5.74, 6) is 1.96. The molecule has 0 radical (unpaired) electrons. The minimum atomic E-state index is 0.0333. The van der Waals surface area contributed by atoms with Gasteiger partial charge in [0.1, 0.15) is 7.11 Å². The Morgan fingerprint density at radius 1 is 1.07 bits per heavy atom. The van der Waals surface area contributed by atoms with E-state index in [4.69, 9.17) is 4.84 Å². The molecule has 5 aliphatic rings. The van der Waals surface area contributed by atoms with E-state index in [0.717, 1.165) is 31.6 Å². The van der Waals surface area contributed by atoms with E-state index in [-0.39, 0.29) is 12.1 Å². The highest BCUT2D eigenvalue weighted by atomic mass is 16.6. The lowest BCUT2D eigenvalue weighted by atomic mass is 9.84. The van der Waals surface area contributed by atoms with Gasteiger partial charge in [0.2, 0.25) is 5.91 Å². The largest absolute Gasteiger partial charge is 0.399 e. The third kappa shape index (κ3) is 3.38. The number of fused-ring (bicyclic) bond motifs is 2. The molecule has 2 saturated carbocycles. The summed E-state index contributed by atoms with van der Waals surface area (Å²) in [6, 6.07) is 1.20. The minimum absolute atomic E-state index is 0.0333. The quantitative estimate of drug-likeness (QED) is 0.505. The van der Waals surface area contributed by atoms with Crippen molar-refractivity contribution in [1.29, 1.82) is 0 Å². The molecule has 3 heterocycles. The lowest BCUT2D eigenvalue weighted by molar-refractivity contribution is -0.135. The van der Waals surface area contributed by atoms with Crippen LogP contribution in [0, 0.1) is 17.8 Å². The fourth-order valence-corrected chi connectivity index (χ4v) is 5.90. The topological polar surface area (TPSA) is 78.0 Å². The first-order valence-electron chi connectivity index (χ1n) is 10.9. The Morgan fingerprint density at radius 2 is 1.93 bits per heavy atom. The predicted octanol–water partition coefficient (Wildman–Crippen LogP) is 1.01. The number of piperidine rings is 1. The van der Waals surface area contributed by atoms with E-state index in [1.165, 1.54) is 38.5 Å². The van der Waals surface area contributed by atoms with Crippen LogP contribution >= 0.6 is 0 Å². The van der Waals surface area contributed by atoms with Gasteiger partial charge in [-0.25, -0.2) is 5.43 Å². The lowest BCUT2D eigenvalue weighted by Gasteiger charge is -2.37. The third-order valence-corrected chi connectivity index (χ3v) is 7.49. The number of oxime groups is 1. The Kier molecular flexibility index (Phi) is 4.86. The van der Waals surface area contributed by atoms with E-state index < -0.39 is 0 Å². The van der Waals surface area contributed by atoms with Crippen molar-refractivity contribution >= 4 is 11.6 Å². The Bertz CT molecular complexity index is 593. The van der Waals surface area contributed by atoms with Crippen molar-refractivity contribution in [3.05, 3.63) is 0 Å². The predicted molar refractivity (Wildman–Crippen MR) is 103 cm³/mol. The van der Waals surface area contributed by atoms with E-state index in [1.54, 1.807) is 7.11 Å². The van der Waals surface area contributed by atoms with Crippen molar-refractivity contribution in [3.8, 4) is 0 Å². The van der Waals surface area contributed by atoms with Crippen LogP contribution in [0.3, 0.4) is 0 Å². The summed E-state index contributed by atoms with van der Waals surface area (Å²) in [4.78, 5) is 20.5. The summed E-state index contributed by atoms with van der Waals surface area (Å²) in [5.41, 5.74) is 8.06. The molecule has 6 unspecified atom stereocenters. The van der Waals surface area contributed by atoms with Gasteiger partial charge in [0.15, 0.2) is 0 Å². The normalized spacial score (nSPS) is 42.0. The second-order valence-corrected chi connectivity index (χ2v) is 9.19. The molecule has 150 valence electrons. The molecule has 0 aromatic rings. The molecule has 3 N–H and O–H groups in total. The highest BCUT2D eigenvalue weighted by Gasteiger charge is 2.48. The van der Waals surface area contributed by atoms with Crippen LogP contribution in [0.5, 0.6) is 0 Å². The van der Waals surface area contributed by atoms with Gasteiger partial charge in [0, 0.05) is 37.0 Å². The minimum Gasteiger partial charge on any atom is -0.399 e. The van der Waals surface area contributed by atoms with Crippen LogP contribution in [0.25, 0.3) is 0 Å². The summed E-state index contributed by atoms with van der Waals surface area (Å²) in [6.45, 7) is 1.67. The average Bonchev–Trinajstić information content (AvgIpc) is 3.30. The smallest absolute Gasteiger partial charge is 0.239 e. The molecule has 7 nitrogen and oxygen atoms in total. The maximum absolute atomic E-state index is 13.2. The maximum atomic E-state index is 13.2. The van der Waals surface area contributed by atoms with Gasteiger partial charge in [0.25, 0.3) is 0 Å². The number of carbonyl (C=O) groups excluding carboxylic acids is 1. The first kappa shape index (κ1) is 17.9. The van der Waals surface area contributed by atoms with E-state index in [0.29, 0.717) is 35.7 Å². The van der Waals surface area contributed by atoms with Crippen molar-refractivity contribution in [3.63, 3.8) is 0 Å². The van der Waals surface area contributed by atoms with Crippen LogP contribution in [0.4, 0.5) is 0 Å². The van der Waals surface area contributed by atoms with Gasteiger partial charge >= 0.3 is 0 Å². The molecular weight excluding hydrogens is 342 g/mol. The Labute approximate surface area is 161 Å². The fourth-order valence-electron chi connectivity index (χ4n) is 5.90. The number of nitrogens with one attached hydrogen (secondary N) is 3. The molecule has 2 aliphatic carbocycles. The Morgan fingerprint density at radius 3 is 2.70 bits per heavy atom. The number of hydrogen-bond acceptors (Lipinski definition) is 6. The highest BCUT2D eigenvalue weighted by molar-refractivity contribution is 5.93. The van der Waals surface area contributed by atoms with E-state index in [1.807, 2.05) is 0 Å². The molecule has 5 rings (SSSR count). The molecule has 0 bridgehead atoms. The van der Waals surface area contributed by atoms with Crippen LogP contribution in [-0.2, 0) is 9.63 Å². The first-order chi connectivity index (χ1) is 13.2. The molecule has 0 spiro atoms. The molecule has 1 amide bonds. The van der Waals surface area contributed by atoms with Crippen LogP contribution in [-0.4, -0.2) is 60.9 Å². The van der Waals surface area contributed by atoms with Crippen molar-refractivity contribution in [2.75, 3.05) is 20.2 Å². The van der Waals surface area contributed by atoms with E-state index in [2.05, 4.69) is 26.2 Å². The molecule has 5 fully saturated rings. The number of hydrazine groups is 1. The summed E-state index contributed by atoms with van der Waals surface area (Å²) in [6.07, 6.45) is 9.62. The van der Waals surface area contributed by atoms with E-state index in [9.17, 15) is 4.79 Å². The first-order valence-corrected chi connectivity index (χ1v) is 10.9. The zero-order chi connectivity index (χ0) is 18.4. The molecule has 0 aromatic heterocycles. The molecule has 0 aromatic carbocycles. The van der Waals surface area contributed by atoms with Gasteiger partial charge < -0.3 is 15.1 Å². The van der Waals surface area contributed by atoms with Crippen molar-refractivity contribution in [2.24, 2.45) is 22.9 Å². The number of nitrogens with zero attached hydrogens (tertiary/aromatic N) is 2. The van der Waals surface area contributed by atoms with Crippen LogP contribution in [0.1, 0.15) is 51.4 Å². The highest BCUT2D eigenvalue weighted by Crippen LogP contribution is 2.37. The number of amides is 1. The molecule has 3 saturated heterocycles. The number of likely N-dealkylation sites (tertiary alicyclic amines) is 1. The van der Waals surface area contributed by atoms with Crippen LogP contribution in [0.15, 0.2) is 5.16 Å². The van der Waals surface area contributed by atoms with E-state index >= 15 is 0 Å². The zero-order valence-electron chi connectivity index (χ0n) is 16.3. The number of carbonyl (C=O) groups is 1. The molecular formula is C20H33N5O2. The number of rotatable bonds is 4. The maximum Gasteiger partial charge on any atom is 0.239 e. The van der Waals surface area contributed by atoms with Gasteiger partial charge in [-0.3, -0.25) is 10.2 Å². The van der Waals surface area contributed by atoms with Crippen molar-refractivity contribution < 1.29 is 9.63 Å². The number of hydrogen-bond donors (Lipinski definition) is 3. The fraction of sp³-hybridized carbons (Fsp3) is 0.900. The Balaban J connectivity index is 1.26. The SMILES string of the molecule is CO/N=C(/C1CC1)C1NNC2CCN(C(=O)C3CC4CCCCC4N3)CC21. The van der Waals surface area contributed by atoms with Gasteiger partial charge in [-0.2, -0.15) is 0 Å². The third-order valence-electron chi connectivity index (χ3n) is 7.49. The second-order valence-electron chi connectivity index (χ2n) is 9.19. The molecule has 27 heavy (non-hydrogen) atoms. The molecule has 6 atom stereocenters. The van der Waals surface area contributed by atoms with Gasteiger partial charge in [-0.1, -0.05) is 18.0 Å². The summed E-state index contributed by atoms with van der Waals surface area (Å²) in [5, 5.41) is 8.02. The average molecular weight is 376 g/mol. The monoisotopic (exact) mass is 375 g/mol. The summed E-state index contributed by atoms with van der Waals surface area (Å²) >= 11 is 0. The Hall–Kier alpha value is -1.18. The van der Waals surface area contributed by atoms with Crippen molar-refractivity contribution in [2.45, 2.75) is 75.5 Å². The lowest BCUT2D eigenvalue weighted by Crippen LogP contribution is -2.54. The van der Waals surface area contributed by atoms with Gasteiger partial charge in [-0.15, -0.1) is 0 Å². The van der Waals surface area contributed by atoms with Crippen LogP contribution < -0.4 is 16.2 Å². The summed E-state index contributed by atoms with van der Waals surface area (Å²) in [7, 11) is 1.63. The standard InChI is InChI=1S/C20H33N5O2/c1-27-24-18(12-6-7-12)19-14-11-25(9-8-16(14)22-23-19)20(26)17-10-13-4-2-3-5-15(13)21-17/h12-17,19,21-23H,2-11H2,1H3/b24-18-.